The van der Waals surface area contributed by atoms with E-state index in [0.29, 0.717) is 6.04 Å². The Labute approximate surface area is 135 Å². The first kappa shape index (κ1) is 15.7. The Kier molecular flexibility index (Phi) is 4.62. The van der Waals surface area contributed by atoms with Crippen LogP contribution in [0.25, 0.3) is 0 Å². The van der Waals surface area contributed by atoms with Gasteiger partial charge in [0.15, 0.2) is 0 Å². The zero-order valence-corrected chi connectivity index (χ0v) is 14.3. The third kappa shape index (κ3) is 3.24. The number of aryl methyl sites for hydroxylation is 1. The molecule has 0 spiro atoms. The average Bonchev–Trinajstić information content (AvgIpc) is 2.53. The van der Waals surface area contributed by atoms with Gasteiger partial charge < -0.3 is 10.1 Å². The zero-order chi connectivity index (χ0) is 15.6. The van der Waals surface area contributed by atoms with E-state index in [1.165, 1.54) is 43.5 Å². The molecule has 0 amide bonds. The molecule has 1 aromatic rings. The number of hydrogen-bond acceptors (Lipinski definition) is 3. The molecule has 3 rings (SSSR count). The largest absolute Gasteiger partial charge is 0.492 e. The fraction of sp³-hybridized carbons (Fsp3) is 0.684. The number of fused-ring (bicyclic) bond motifs is 1. The maximum Gasteiger partial charge on any atom is 0.119 e. The third-order valence-electron chi connectivity index (χ3n) is 5.25. The molecule has 0 aromatic heterocycles. The van der Waals surface area contributed by atoms with Crippen LogP contribution in [0.1, 0.15) is 52.0 Å². The van der Waals surface area contributed by atoms with Gasteiger partial charge in [0.1, 0.15) is 12.4 Å². The number of piperidine rings is 1. The van der Waals surface area contributed by atoms with Gasteiger partial charge >= 0.3 is 0 Å². The lowest BCUT2D eigenvalue weighted by Gasteiger charge is -2.47. The van der Waals surface area contributed by atoms with Crippen molar-refractivity contribution in [2.45, 2.75) is 64.5 Å². The monoisotopic (exact) mass is 302 g/mol. The lowest BCUT2D eigenvalue weighted by atomic mass is 9.88. The summed E-state index contributed by atoms with van der Waals surface area (Å²) in [5.41, 5.74) is 2.85. The number of benzene rings is 1. The van der Waals surface area contributed by atoms with Gasteiger partial charge in [-0.3, -0.25) is 4.90 Å². The second-order valence-corrected chi connectivity index (χ2v) is 7.38. The van der Waals surface area contributed by atoms with Crippen LogP contribution in [0, 0.1) is 0 Å². The number of hydrogen-bond donors (Lipinski definition) is 1. The molecule has 1 fully saturated rings. The summed E-state index contributed by atoms with van der Waals surface area (Å²) in [6, 6.07) is 7.10. The van der Waals surface area contributed by atoms with Gasteiger partial charge in [0.2, 0.25) is 0 Å². The molecule has 3 heteroatoms. The first-order chi connectivity index (χ1) is 10.6. The van der Waals surface area contributed by atoms with Crippen LogP contribution < -0.4 is 10.1 Å². The molecule has 1 saturated heterocycles. The lowest BCUT2D eigenvalue weighted by Crippen LogP contribution is -2.56. The molecule has 0 saturated carbocycles. The minimum Gasteiger partial charge on any atom is -0.492 e. The van der Waals surface area contributed by atoms with Crippen LogP contribution >= 0.6 is 0 Å². The zero-order valence-electron chi connectivity index (χ0n) is 14.3. The van der Waals surface area contributed by atoms with Crippen LogP contribution in [-0.4, -0.2) is 36.2 Å². The Morgan fingerprint density at radius 3 is 2.95 bits per heavy atom. The van der Waals surface area contributed by atoms with E-state index >= 15 is 0 Å². The average molecular weight is 302 g/mol. The molecule has 1 N–H and O–H groups in total. The van der Waals surface area contributed by atoms with Gasteiger partial charge in [-0.2, -0.15) is 0 Å². The molecule has 22 heavy (non-hydrogen) atoms. The summed E-state index contributed by atoms with van der Waals surface area (Å²) < 4.78 is 6.23. The van der Waals surface area contributed by atoms with Gasteiger partial charge in [-0.05, 0) is 76.8 Å². The van der Waals surface area contributed by atoms with Crippen molar-refractivity contribution in [1.29, 1.82) is 0 Å². The van der Waals surface area contributed by atoms with E-state index in [2.05, 4.69) is 49.2 Å². The van der Waals surface area contributed by atoms with Crippen LogP contribution in [-0.2, 0) is 6.42 Å². The molecular weight excluding hydrogens is 272 g/mol. The fourth-order valence-electron chi connectivity index (χ4n) is 4.02. The second kappa shape index (κ2) is 6.49. The van der Waals surface area contributed by atoms with Crippen LogP contribution in [0.5, 0.6) is 5.75 Å². The van der Waals surface area contributed by atoms with Gasteiger partial charge in [0, 0.05) is 18.3 Å². The molecule has 0 bridgehead atoms. The van der Waals surface area contributed by atoms with E-state index in [-0.39, 0.29) is 5.54 Å². The highest BCUT2D eigenvalue weighted by molar-refractivity contribution is 5.55. The molecule has 1 atom stereocenters. The first-order valence-corrected chi connectivity index (χ1v) is 8.85. The van der Waals surface area contributed by atoms with Crippen LogP contribution in [0.4, 0.5) is 5.69 Å². The summed E-state index contributed by atoms with van der Waals surface area (Å²) in [4.78, 5) is 2.62. The van der Waals surface area contributed by atoms with Gasteiger partial charge in [-0.1, -0.05) is 6.42 Å². The van der Waals surface area contributed by atoms with Crippen molar-refractivity contribution < 1.29 is 4.74 Å². The highest BCUT2D eigenvalue weighted by Crippen LogP contribution is 2.32. The number of nitrogens with zero attached hydrogens (tertiary/aromatic N) is 1. The summed E-state index contributed by atoms with van der Waals surface area (Å²) in [6.07, 6.45) is 6.25. The predicted molar refractivity (Wildman–Crippen MR) is 92.8 cm³/mol. The summed E-state index contributed by atoms with van der Waals surface area (Å²) in [5, 5.41) is 3.46. The maximum absolute atomic E-state index is 6.23. The summed E-state index contributed by atoms with van der Waals surface area (Å²) in [5.74, 6) is 1.03. The van der Waals surface area contributed by atoms with Crippen molar-refractivity contribution >= 4 is 5.69 Å². The Hall–Kier alpha value is -1.22. The number of anilines is 1. The topological polar surface area (TPSA) is 24.5 Å². The normalized spacial score (nSPS) is 25.6. The number of likely N-dealkylation sites (tertiary alicyclic amines) is 1. The molecule has 2 aliphatic heterocycles. The molecule has 0 radical (unpaired) electrons. The third-order valence-corrected chi connectivity index (χ3v) is 5.25. The Morgan fingerprint density at radius 1 is 1.27 bits per heavy atom. The molecule has 122 valence electrons. The van der Waals surface area contributed by atoms with Crippen LogP contribution in [0.15, 0.2) is 18.2 Å². The lowest BCUT2D eigenvalue weighted by molar-refractivity contribution is -0.00143. The molecule has 1 unspecified atom stereocenters. The van der Waals surface area contributed by atoms with Crippen LogP contribution in [0.2, 0.25) is 0 Å². The van der Waals surface area contributed by atoms with Crippen molar-refractivity contribution in [3.63, 3.8) is 0 Å². The highest BCUT2D eigenvalue weighted by atomic mass is 16.5. The number of rotatable bonds is 4. The van der Waals surface area contributed by atoms with E-state index in [9.17, 15) is 0 Å². The summed E-state index contributed by atoms with van der Waals surface area (Å²) in [7, 11) is 0. The molecule has 0 aliphatic carbocycles. The van der Waals surface area contributed by atoms with Crippen molar-refractivity contribution in [3.8, 4) is 5.75 Å². The van der Waals surface area contributed by atoms with Gasteiger partial charge in [-0.25, -0.2) is 0 Å². The molecule has 1 aromatic carbocycles. The van der Waals surface area contributed by atoms with Gasteiger partial charge in [0.25, 0.3) is 0 Å². The predicted octanol–water partition coefficient (Wildman–Crippen LogP) is 4.08. The smallest absolute Gasteiger partial charge is 0.119 e. The second-order valence-electron chi connectivity index (χ2n) is 7.38. The molecular formula is C19H30N2O. The van der Waals surface area contributed by atoms with Crippen molar-refractivity contribution in [2.75, 3.05) is 25.0 Å². The Morgan fingerprint density at radius 2 is 2.14 bits per heavy atom. The number of nitrogens with one attached hydrogen (secondary N) is 1. The van der Waals surface area contributed by atoms with Crippen molar-refractivity contribution in [1.82, 2.24) is 4.90 Å². The van der Waals surface area contributed by atoms with E-state index in [1.807, 2.05) is 0 Å². The van der Waals surface area contributed by atoms with E-state index in [1.54, 1.807) is 0 Å². The van der Waals surface area contributed by atoms with E-state index < -0.39 is 0 Å². The minimum atomic E-state index is 0.167. The van der Waals surface area contributed by atoms with Crippen molar-refractivity contribution in [2.24, 2.45) is 0 Å². The molecule has 2 aliphatic rings. The molecule has 3 nitrogen and oxygen atoms in total. The van der Waals surface area contributed by atoms with Gasteiger partial charge in [0.05, 0.1) is 5.54 Å². The maximum atomic E-state index is 6.23. The SMILES string of the molecule is CC(C)N1CCCCC1(C)COc1ccc2c(c1)CCCN2. The molecule has 2 heterocycles. The van der Waals surface area contributed by atoms with Crippen LogP contribution in [0.3, 0.4) is 0 Å². The summed E-state index contributed by atoms with van der Waals surface area (Å²) in [6.45, 7) is 10.0. The first-order valence-electron chi connectivity index (χ1n) is 8.85. The van der Waals surface area contributed by atoms with Gasteiger partial charge in [-0.15, -0.1) is 0 Å². The standard InChI is InChI=1S/C19H30N2O/c1-15(2)21-12-5-4-10-19(21,3)14-22-17-8-9-18-16(13-17)7-6-11-20-18/h8-9,13,15,20H,4-7,10-12,14H2,1-3H3. The minimum absolute atomic E-state index is 0.167. The number of ether oxygens (including phenoxy) is 1. The fourth-order valence-corrected chi connectivity index (χ4v) is 4.02. The quantitative estimate of drug-likeness (QED) is 0.907. The summed E-state index contributed by atoms with van der Waals surface area (Å²) >= 11 is 0. The van der Waals surface area contributed by atoms with Crippen molar-refractivity contribution in [3.05, 3.63) is 23.8 Å². The van der Waals surface area contributed by atoms with E-state index in [4.69, 9.17) is 4.74 Å². The Balaban J connectivity index is 1.68. The highest BCUT2D eigenvalue weighted by Gasteiger charge is 2.36. The van der Waals surface area contributed by atoms with E-state index in [0.717, 1.165) is 25.3 Å². The Bertz CT molecular complexity index is 514.